The highest BCUT2D eigenvalue weighted by molar-refractivity contribution is 6.04. The van der Waals surface area contributed by atoms with Crippen molar-refractivity contribution in [2.45, 2.75) is 27.7 Å². The van der Waals surface area contributed by atoms with Gasteiger partial charge in [0, 0.05) is 19.0 Å². The van der Waals surface area contributed by atoms with Crippen LogP contribution < -0.4 is 0 Å². The molecule has 0 saturated heterocycles. The Kier molecular flexibility index (Phi) is 4.05. The predicted octanol–water partition coefficient (Wildman–Crippen LogP) is 2.72. The zero-order valence-electron chi connectivity index (χ0n) is 10.9. The van der Waals surface area contributed by atoms with Crippen molar-refractivity contribution in [3.05, 3.63) is 35.9 Å². The van der Waals surface area contributed by atoms with E-state index in [-0.39, 0.29) is 17.2 Å². The summed E-state index contributed by atoms with van der Waals surface area (Å²) in [6.45, 7) is 7.85. The van der Waals surface area contributed by atoms with E-state index in [1.807, 2.05) is 26.8 Å². The molecule has 0 aromatic heterocycles. The monoisotopic (exact) mass is 233 g/mol. The Balaban J connectivity index is 2.93. The van der Waals surface area contributed by atoms with Crippen molar-refractivity contribution in [1.82, 2.24) is 4.90 Å². The number of benzene rings is 1. The molecule has 0 fully saturated rings. The summed E-state index contributed by atoms with van der Waals surface area (Å²) in [5, 5.41) is 0. The second-order valence-corrected chi connectivity index (χ2v) is 5.34. The minimum absolute atomic E-state index is 0.101. The first-order valence-electron chi connectivity index (χ1n) is 5.69. The fourth-order valence-electron chi connectivity index (χ4n) is 1.54. The van der Waals surface area contributed by atoms with Crippen LogP contribution in [0.25, 0.3) is 0 Å². The molecule has 0 aliphatic heterocycles. The Bertz CT molecular complexity index is 404. The van der Waals surface area contributed by atoms with E-state index in [4.69, 9.17) is 0 Å². The van der Waals surface area contributed by atoms with Gasteiger partial charge in [0.15, 0.2) is 0 Å². The lowest BCUT2D eigenvalue weighted by Crippen LogP contribution is -2.40. The molecule has 1 rings (SSSR count). The standard InChI is InChI=1S/C14H19NO2/c1-11(16)15(10-14(2,3)4)13(17)12-8-6-5-7-9-12/h5-9H,10H2,1-4H3. The van der Waals surface area contributed by atoms with Gasteiger partial charge in [0.05, 0.1) is 0 Å². The van der Waals surface area contributed by atoms with Crippen LogP contribution in [0.1, 0.15) is 38.1 Å². The smallest absolute Gasteiger partial charge is 0.260 e. The predicted molar refractivity (Wildman–Crippen MR) is 67.6 cm³/mol. The number of carbonyl (C=O) groups is 2. The van der Waals surface area contributed by atoms with Crippen molar-refractivity contribution in [3.8, 4) is 0 Å². The van der Waals surface area contributed by atoms with Gasteiger partial charge in [-0.25, -0.2) is 0 Å². The van der Waals surface area contributed by atoms with Crippen molar-refractivity contribution in [2.24, 2.45) is 5.41 Å². The van der Waals surface area contributed by atoms with Gasteiger partial charge in [-0.3, -0.25) is 14.5 Å². The molecule has 3 heteroatoms. The number of imide groups is 1. The normalized spacial score (nSPS) is 11.1. The fourth-order valence-corrected chi connectivity index (χ4v) is 1.54. The van der Waals surface area contributed by atoms with Crippen LogP contribution >= 0.6 is 0 Å². The lowest BCUT2D eigenvalue weighted by atomic mass is 9.95. The van der Waals surface area contributed by atoms with Crippen molar-refractivity contribution in [3.63, 3.8) is 0 Å². The molecular formula is C14H19NO2. The Morgan fingerprint density at radius 2 is 1.65 bits per heavy atom. The zero-order valence-corrected chi connectivity index (χ0v) is 10.9. The van der Waals surface area contributed by atoms with Crippen molar-refractivity contribution in [2.75, 3.05) is 6.54 Å². The first kappa shape index (κ1) is 13.4. The number of hydrogen-bond acceptors (Lipinski definition) is 2. The van der Waals surface area contributed by atoms with E-state index >= 15 is 0 Å². The van der Waals surface area contributed by atoms with Gasteiger partial charge in [-0.15, -0.1) is 0 Å². The second-order valence-electron chi connectivity index (χ2n) is 5.34. The molecule has 0 atom stereocenters. The van der Waals surface area contributed by atoms with Crippen molar-refractivity contribution >= 4 is 11.8 Å². The van der Waals surface area contributed by atoms with Gasteiger partial charge in [-0.2, -0.15) is 0 Å². The third kappa shape index (κ3) is 4.02. The van der Waals surface area contributed by atoms with Crippen LogP contribution in [0.15, 0.2) is 30.3 Å². The molecule has 2 amide bonds. The maximum atomic E-state index is 12.2. The molecule has 0 aliphatic carbocycles. The first-order valence-corrected chi connectivity index (χ1v) is 5.69. The Morgan fingerprint density at radius 3 is 2.06 bits per heavy atom. The van der Waals surface area contributed by atoms with Crippen LogP contribution in [0.2, 0.25) is 0 Å². The molecule has 3 nitrogen and oxygen atoms in total. The van der Waals surface area contributed by atoms with Crippen molar-refractivity contribution < 1.29 is 9.59 Å². The molecular weight excluding hydrogens is 214 g/mol. The maximum Gasteiger partial charge on any atom is 0.260 e. The Morgan fingerprint density at radius 1 is 1.12 bits per heavy atom. The maximum absolute atomic E-state index is 12.2. The molecule has 0 unspecified atom stereocenters. The third-order valence-corrected chi connectivity index (χ3v) is 2.28. The van der Waals surface area contributed by atoms with E-state index in [0.29, 0.717) is 12.1 Å². The van der Waals surface area contributed by atoms with Crippen LogP contribution in [0.4, 0.5) is 0 Å². The van der Waals surface area contributed by atoms with E-state index in [0.717, 1.165) is 0 Å². The second kappa shape index (κ2) is 5.13. The molecule has 0 spiro atoms. The highest BCUT2D eigenvalue weighted by Crippen LogP contribution is 2.17. The number of amides is 2. The highest BCUT2D eigenvalue weighted by Gasteiger charge is 2.24. The quantitative estimate of drug-likeness (QED) is 0.787. The molecule has 1 aromatic carbocycles. The van der Waals surface area contributed by atoms with Crippen LogP contribution in [-0.4, -0.2) is 23.3 Å². The van der Waals surface area contributed by atoms with Crippen LogP contribution in [0, 0.1) is 5.41 Å². The average Bonchev–Trinajstić information content (AvgIpc) is 2.25. The van der Waals surface area contributed by atoms with E-state index < -0.39 is 0 Å². The summed E-state index contributed by atoms with van der Waals surface area (Å²) in [6, 6.07) is 8.88. The van der Waals surface area contributed by atoms with Crippen molar-refractivity contribution in [1.29, 1.82) is 0 Å². The summed E-state index contributed by atoms with van der Waals surface area (Å²) in [6.07, 6.45) is 0. The van der Waals surface area contributed by atoms with Crippen LogP contribution in [0.5, 0.6) is 0 Å². The lowest BCUT2D eigenvalue weighted by molar-refractivity contribution is -0.127. The van der Waals surface area contributed by atoms with Gasteiger partial charge >= 0.3 is 0 Å². The zero-order chi connectivity index (χ0) is 13.1. The van der Waals surface area contributed by atoms with Crippen LogP contribution in [-0.2, 0) is 4.79 Å². The average molecular weight is 233 g/mol. The molecule has 0 N–H and O–H groups in total. The molecule has 92 valence electrons. The summed E-state index contributed by atoms with van der Waals surface area (Å²) in [5.74, 6) is -0.443. The molecule has 0 saturated carbocycles. The lowest BCUT2D eigenvalue weighted by Gasteiger charge is -2.27. The summed E-state index contributed by atoms with van der Waals surface area (Å²) in [4.78, 5) is 25.0. The minimum Gasteiger partial charge on any atom is -0.278 e. The SMILES string of the molecule is CC(=O)N(CC(C)(C)C)C(=O)c1ccccc1. The number of nitrogens with zero attached hydrogens (tertiary/aromatic N) is 1. The summed E-state index contributed by atoms with van der Waals surface area (Å²) in [5.41, 5.74) is 0.447. The van der Waals surface area contributed by atoms with Gasteiger partial charge in [0.2, 0.25) is 5.91 Å². The van der Waals surface area contributed by atoms with Crippen LogP contribution in [0.3, 0.4) is 0 Å². The number of hydrogen-bond donors (Lipinski definition) is 0. The van der Waals surface area contributed by atoms with Gasteiger partial charge < -0.3 is 0 Å². The summed E-state index contributed by atoms with van der Waals surface area (Å²) < 4.78 is 0. The largest absolute Gasteiger partial charge is 0.278 e. The van der Waals surface area contributed by atoms with E-state index in [1.165, 1.54) is 11.8 Å². The van der Waals surface area contributed by atoms with E-state index in [9.17, 15) is 9.59 Å². The van der Waals surface area contributed by atoms with Gasteiger partial charge in [-0.05, 0) is 17.5 Å². The number of rotatable bonds is 2. The third-order valence-electron chi connectivity index (χ3n) is 2.28. The number of carbonyl (C=O) groups excluding carboxylic acids is 2. The molecule has 0 bridgehead atoms. The molecule has 0 radical (unpaired) electrons. The minimum atomic E-state index is -0.229. The first-order chi connectivity index (χ1) is 7.81. The molecule has 1 aromatic rings. The Labute approximate surface area is 102 Å². The van der Waals surface area contributed by atoms with E-state index in [1.54, 1.807) is 24.3 Å². The highest BCUT2D eigenvalue weighted by atomic mass is 16.2. The van der Waals surface area contributed by atoms with Gasteiger partial charge in [0.25, 0.3) is 5.91 Å². The summed E-state index contributed by atoms with van der Waals surface area (Å²) in [7, 11) is 0. The van der Waals surface area contributed by atoms with Gasteiger partial charge in [0.1, 0.15) is 0 Å². The molecule has 17 heavy (non-hydrogen) atoms. The van der Waals surface area contributed by atoms with Gasteiger partial charge in [-0.1, -0.05) is 39.0 Å². The molecule has 0 aliphatic rings. The fraction of sp³-hybridized carbons (Fsp3) is 0.429. The van der Waals surface area contributed by atoms with E-state index in [2.05, 4.69) is 0 Å². The topological polar surface area (TPSA) is 37.4 Å². The molecule has 0 heterocycles. The Hall–Kier alpha value is -1.64. The summed E-state index contributed by atoms with van der Waals surface area (Å²) >= 11 is 0.